The fourth-order valence-corrected chi connectivity index (χ4v) is 3.98. The Kier molecular flexibility index (Phi) is 2.56. The van der Waals surface area contributed by atoms with Gasteiger partial charge in [-0.25, -0.2) is 0 Å². The van der Waals surface area contributed by atoms with Gasteiger partial charge in [-0.1, -0.05) is 27.2 Å². The molecule has 2 heteroatoms. The lowest BCUT2D eigenvalue weighted by molar-refractivity contribution is -0.158. The third kappa shape index (κ3) is 1.41. The summed E-state index contributed by atoms with van der Waals surface area (Å²) in [5, 5.41) is 9.61. The molecule has 0 heterocycles. The minimum Gasteiger partial charge on any atom is -0.481 e. The van der Waals surface area contributed by atoms with Crippen LogP contribution < -0.4 is 0 Å². The lowest BCUT2D eigenvalue weighted by atomic mass is 9.62. The first-order valence-corrected chi connectivity index (χ1v) is 6.22. The van der Waals surface area contributed by atoms with Gasteiger partial charge < -0.3 is 5.11 Å². The Labute approximate surface area is 92.1 Å². The van der Waals surface area contributed by atoms with Crippen LogP contribution >= 0.6 is 0 Å². The van der Waals surface area contributed by atoms with E-state index in [0.717, 1.165) is 12.8 Å². The molecule has 0 aliphatic heterocycles. The first-order valence-electron chi connectivity index (χ1n) is 6.22. The van der Waals surface area contributed by atoms with Crippen molar-refractivity contribution in [3.63, 3.8) is 0 Å². The van der Waals surface area contributed by atoms with Crippen molar-refractivity contribution < 1.29 is 9.90 Å². The summed E-state index contributed by atoms with van der Waals surface area (Å²) >= 11 is 0. The SMILES string of the molecule is CC(C)C(C)C1(C(=O)O)CC2CCC1C2. The maximum atomic E-state index is 11.7. The maximum Gasteiger partial charge on any atom is 0.310 e. The predicted molar refractivity (Wildman–Crippen MR) is 59.5 cm³/mol. The largest absolute Gasteiger partial charge is 0.481 e. The van der Waals surface area contributed by atoms with E-state index in [1.807, 2.05) is 0 Å². The third-order valence-corrected chi connectivity index (χ3v) is 5.11. The zero-order valence-corrected chi connectivity index (χ0v) is 9.99. The Morgan fingerprint density at radius 1 is 1.33 bits per heavy atom. The Morgan fingerprint density at radius 3 is 2.33 bits per heavy atom. The first-order chi connectivity index (χ1) is 6.98. The van der Waals surface area contributed by atoms with E-state index in [1.54, 1.807) is 0 Å². The highest BCUT2D eigenvalue weighted by Crippen LogP contribution is 2.60. The number of carbonyl (C=O) groups is 1. The number of rotatable bonds is 3. The molecule has 2 saturated carbocycles. The second-order valence-electron chi connectivity index (χ2n) is 5.96. The van der Waals surface area contributed by atoms with Crippen LogP contribution in [0.5, 0.6) is 0 Å². The van der Waals surface area contributed by atoms with Crippen LogP contribution in [0.15, 0.2) is 0 Å². The van der Waals surface area contributed by atoms with Crippen LogP contribution in [0.3, 0.4) is 0 Å². The molecule has 0 saturated heterocycles. The minimum atomic E-state index is -0.532. The Hall–Kier alpha value is -0.530. The fraction of sp³-hybridized carbons (Fsp3) is 0.923. The van der Waals surface area contributed by atoms with Crippen LogP contribution in [0.25, 0.3) is 0 Å². The molecule has 0 aromatic heterocycles. The van der Waals surface area contributed by atoms with Gasteiger partial charge in [-0.15, -0.1) is 0 Å². The first kappa shape index (κ1) is 11.0. The van der Waals surface area contributed by atoms with Crippen molar-refractivity contribution in [3.05, 3.63) is 0 Å². The fourth-order valence-electron chi connectivity index (χ4n) is 3.98. The molecular formula is C13H22O2. The number of fused-ring (bicyclic) bond motifs is 2. The van der Waals surface area contributed by atoms with Gasteiger partial charge in [0.15, 0.2) is 0 Å². The maximum absolute atomic E-state index is 11.7. The average Bonchev–Trinajstić information content (AvgIpc) is 2.75. The molecule has 4 unspecified atom stereocenters. The van der Waals surface area contributed by atoms with Gasteiger partial charge in [-0.2, -0.15) is 0 Å². The van der Waals surface area contributed by atoms with Crippen molar-refractivity contribution in [3.8, 4) is 0 Å². The van der Waals surface area contributed by atoms with Crippen LogP contribution in [-0.4, -0.2) is 11.1 Å². The zero-order valence-electron chi connectivity index (χ0n) is 9.99. The Bertz CT molecular complexity index is 272. The Morgan fingerprint density at radius 2 is 2.00 bits per heavy atom. The van der Waals surface area contributed by atoms with Crippen LogP contribution in [0.4, 0.5) is 0 Å². The zero-order chi connectivity index (χ0) is 11.2. The Balaban J connectivity index is 2.30. The number of aliphatic carboxylic acids is 1. The molecular weight excluding hydrogens is 188 g/mol. The van der Waals surface area contributed by atoms with E-state index in [1.165, 1.54) is 12.8 Å². The van der Waals surface area contributed by atoms with Crippen molar-refractivity contribution >= 4 is 5.97 Å². The summed E-state index contributed by atoms with van der Waals surface area (Å²) in [7, 11) is 0. The van der Waals surface area contributed by atoms with Gasteiger partial charge in [-0.3, -0.25) is 4.79 Å². The summed E-state index contributed by atoms with van der Waals surface area (Å²) in [6.07, 6.45) is 4.52. The van der Waals surface area contributed by atoms with Gasteiger partial charge in [0.1, 0.15) is 0 Å². The van der Waals surface area contributed by atoms with E-state index in [9.17, 15) is 9.90 Å². The molecule has 0 amide bonds. The van der Waals surface area contributed by atoms with E-state index in [0.29, 0.717) is 23.7 Å². The summed E-state index contributed by atoms with van der Waals surface area (Å²) in [6.45, 7) is 6.45. The van der Waals surface area contributed by atoms with Gasteiger partial charge in [0.2, 0.25) is 0 Å². The number of hydrogen-bond donors (Lipinski definition) is 1. The lowest BCUT2D eigenvalue weighted by Gasteiger charge is -2.40. The van der Waals surface area contributed by atoms with Crippen molar-refractivity contribution in [1.29, 1.82) is 0 Å². The molecule has 0 aromatic carbocycles. The van der Waals surface area contributed by atoms with Crippen LogP contribution in [0, 0.1) is 29.1 Å². The van der Waals surface area contributed by atoms with Gasteiger partial charge >= 0.3 is 5.97 Å². The van der Waals surface area contributed by atoms with E-state index in [-0.39, 0.29) is 0 Å². The predicted octanol–water partition coefficient (Wildman–Crippen LogP) is 3.17. The van der Waals surface area contributed by atoms with Gasteiger partial charge in [0, 0.05) is 0 Å². The van der Waals surface area contributed by atoms with Crippen molar-refractivity contribution in [2.24, 2.45) is 29.1 Å². The van der Waals surface area contributed by atoms with E-state index in [4.69, 9.17) is 0 Å². The van der Waals surface area contributed by atoms with Gasteiger partial charge in [0.25, 0.3) is 0 Å². The molecule has 0 spiro atoms. The molecule has 4 atom stereocenters. The van der Waals surface area contributed by atoms with Crippen LogP contribution in [0.2, 0.25) is 0 Å². The normalized spacial score (nSPS) is 41.1. The molecule has 15 heavy (non-hydrogen) atoms. The third-order valence-electron chi connectivity index (χ3n) is 5.11. The van der Waals surface area contributed by atoms with E-state index >= 15 is 0 Å². The van der Waals surface area contributed by atoms with Crippen LogP contribution in [0.1, 0.15) is 46.5 Å². The second-order valence-corrected chi connectivity index (χ2v) is 5.96. The summed E-state index contributed by atoms with van der Waals surface area (Å²) in [5.74, 6) is 1.41. The topological polar surface area (TPSA) is 37.3 Å². The molecule has 2 bridgehead atoms. The highest BCUT2D eigenvalue weighted by molar-refractivity contribution is 5.76. The summed E-state index contributed by atoms with van der Waals surface area (Å²) < 4.78 is 0. The highest BCUT2D eigenvalue weighted by Gasteiger charge is 2.58. The molecule has 2 aliphatic rings. The summed E-state index contributed by atoms with van der Waals surface area (Å²) in [4.78, 5) is 11.7. The molecule has 0 radical (unpaired) electrons. The van der Waals surface area contributed by atoms with Gasteiger partial charge in [0.05, 0.1) is 5.41 Å². The summed E-state index contributed by atoms with van der Waals surface area (Å²) in [6, 6.07) is 0. The second kappa shape index (κ2) is 3.50. The number of carboxylic acids is 1. The lowest BCUT2D eigenvalue weighted by Crippen LogP contribution is -2.44. The molecule has 2 nitrogen and oxygen atoms in total. The molecule has 2 rings (SSSR count). The molecule has 86 valence electrons. The average molecular weight is 210 g/mol. The smallest absolute Gasteiger partial charge is 0.310 e. The standard InChI is InChI=1S/C13H22O2/c1-8(2)9(3)13(12(14)15)7-10-4-5-11(13)6-10/h8-11H,4-7H2,1-3H3,(H,14,15). The number of carboxylic acid groups (broad SMARTS) is 1. The minimum absolute atomic E-state index is 0.310. The number of hydrogen-bond acceptors (Lipinski definition) is 1. The van der Waals surface area contributed by atoms with Crippen molar-refractivity contribution in [2.45, 2.75) is 46.5 Å². The molecule has 2 fully saturated rings. The molecule has 1 N–H and O–H groups in total. The van der Waals surface area contributed by atoms with E-state index in [2.05, 4.69) is 20.8 Å². The van der Waals surface area contributed by atoms with Crippen molar-refractivity contribution in [2.75, 3.05) is 0 Å². The molecule has 0 aromatic rings. The highest BCUT2D eigenvalue weighted by atomic mass is 16.4. The quantitative estimate of drug-likeness (QED) is 0.776. The van der Waals surface area contributed by atoms with Crippen molar-refractivity contribution in [1.82, 2.24) is 0 Å². The van der Waals surface area contributed by atoms with Gasteiger partial charge in [-0.05, 0) is 42.9 Å². The monoisotopic (exact) mass is 210 g/mol. The molecule has 2 aliphatic carbocycles. The van der Waals surface area contributed by atoms with E-state index < -0.39 is 11.4 Å². The summed E-state index contributed by atoms with van der Waals surface area (Å²) in [5.41, 5.74) is -0.392. The van der Waals surface area contributed by atoms with Crippen LogP contribution in [-0.2, 0) is 4.79 Å².